The number of carbonyl (C=O) groups excluding carboxylic acids is 1. The van der Waals surface area contributed by atoms with E-state index in [0.717, 1.165) is 22.1 Å². The smallest absolute Gasteiger partial charge is 0.311 e. The fourth-order valence-electron chi connectivity index (χ4n) is 4.87. The van der Waals surface area contributed by atoms with E-state index in [-0.39, 0.29) is 22.8 Å². The Hall–Kier alpha value is -4.57. The average Bonchev–Trinajstić information content (AvgIpc) is 3.20. The topological polar surface area (TPSA) is 113 Å². The van der Waals surface area contributed by atoms with Crippen LogP contribution in [-0.4, -0.2) is 29.5 Å². The monoisotopic (exact) mass is 529 g/mol. The molecular formula is C28H23N3O6S. The molecule has 1 aliphatic heterocycles. The Morgan fingerprint density at radius 1 is 1.11 bits per heavy atom. The number of benzene rings is 3. The maximum Gasteiger partial charge on any atom is 0.311 e. The van der Waals surface area contributed by atoms with Crippen LogP contribution in [0.2, 0.25) is 0 Å². The van der Waals surface area contributed by atoms with Crippen molar-refractivity contribution in [2.75, 3.05) is 14.2 Å². The number of fused-ring (bicyclic) bond motifs is 2. The molecule has 1 unspecified atom stereocenters. The van der Waals surface area contributed by atoms with Gasteiger partial charge in [0.1, 0.15) is 5.75 Å². The summed E-state index contributed by atoms with van der Waals surface area (Å²) in [5, 5.41) is 13.3. The maximum atomic E-state index is 13.9. The van der Waals surface area contributed by atoms with Crippen molar-refractivity contribution in [3.63, 3.8) is 0 Å². The number of Topliss-reactive ketones (excluding diaryl/α,β-unsaturated/α-hetero) is 1. The second kappa shape index (κ2) is 9.71. The standard InChI is InChI=1S/C28H23N3O6S/c1-15-24(16(2)32)26(25-19-8-6-5-7-18(19)10-12-22(25)37-4)30-27(33)23(38-28(30)29-15)14-17-9-11-21(36-3)20(13-17)31(34)35/h5-14,26H,1-4H3/b23-14-. The van der Waals surface area contributed by atoms with E-state index >= 15 is 0 Å². The molecule has 0 radical (unpaired) electrons. The predicted octanol–water partition coefficient (Wildman–Crippen LogP) is 3.90. The van der Waals surface area contributed by atoms with Gasteiger partial charge in [0.05, 0.1) is 29.7 Å². The molecule has 4 aromatic rings. The zero-order valence-corrected chi connectivity index (χ0v) is 21.9. The molecule has 0 amide bonds. The van der Waals surface area contributed by atoms with Gasteiger partial charge in [-0.25, -0.2) is 4.99 Å². The first-order valence-corrected chi connectivity index (χ1v) is 12.5. The van der Waals surface area contributed by atoms with Crippen LogP contribution in [0.4, 0.5) is 5.69 Å². The second-order valence-electron chi connectivity index (χ2n) is 8.73. The molecule has 38 heavy (non-hydrogen) atoms. The number of methoxy groups -OCH3 is 2. The molecule has 1 aliphatic rings. The SMILES string of the molecule is COc1ccc(/C=c2\sc3n(c2=O)C(c2c(OC)ccc4ccccc24)C(C(C)=O)=C(C)N=3)cc1[N+](=O)[O-]. The molecule has 10 heteroatoms. The van der Waals surface area contributed by atoms with Gasteiger partial charge in [0.15, 0.2) is 16.3 Å². The number of hydrogen-bond donors (Lipinski definition) is 0. The van der Waals surface area contributed by atoms with Crippen molar-refractivity contribution < 1.29 is 19.2 Å². The third-order valence-corrected chi connectivity index (χ3v) is 7.51. The van der Waals surface area contributed by atoms with Gasteiger partial charge in [0.25, 0.3) is 5.56 Å². The molecule has 3 aromatic carbocycles. The number of hydrogen-bond acceptors (Lipinski definition) is 8. The van der Waals surface area contributed by atoms with Gasteiger partial charge in [-0.2, -0.15) is 0 Å². The minimum absolute atomic E-state index is 0.124. The summed E-state index contributed by atoms with van der Waals surface area (Å²) in [5.41, 5.74) is 1.51. The lowest BCUT2D eigenvalue weighted by molar-refractivity contribution is -0.385. The van der Waals surface area contributed by atoms with Gasteiger partial charge in [0, 0.05) is 22.9 Å². The van der Waals surface area contributed by atoms with Crippen LogP contribution >= 0.6 is 11.3 Å². The van der Waals surface area contributed by atoms with Gasteiger partial charge in [-0.05, 0) is 48.4 Å². The minimum atomic E-state index is -0.767. The highest BCUT2D eigenvalue weighted by Crippen LogP contribution is 2.40. The van der Waals surface area contributed by atoms with Crippen LogP contribution in [0.5, 0.6) is 11.5 Å². The molecular weight excluding hydrogens is 506 g/mol. The quantitative estimate of drug-likeness (QED) is 0.277. The Morgan fingerprint density at radius 2 is 1.82 bits per heavy atom. The lowest BCUT2D eigenvalue weighted by atomic mass is 9.89. The van der Waals surface area contributed by atoms with E-state index in [1.54, 1.807) is 26.2 Å². The van der Waals surface area contributed by atoms with E-state index in [9.17, 15) is 19.7 Å². The summed E-state index contributed by atoms with van der Waals surface area (Å²) >= 11 is 1.16. The number of aromatic nitrogens is 1. The van der Waals surface area contributed by atoms with Gasteiger partial charge < -0.3 is 9.47 Å². The van der Waals surface area contributed by atoms with Gasteiger partial charge in [0.2, 0.25) is 0 Å². The number of ketones is 1. The van der Waals surface area contributed by atoms with E-state index in [4.69, 9.17) is 9.47 Å². The van der Waals surface area contributed by atoms with Crippen molar-refractivity contribution >= 4 is 39.7 Å². The molecule has 2 heterocycles. The van der Waals surface area contributed by atoms with Crippen molar-refractivity contribution in [3.05, 3.63) is 107 Å². The Balaban J connectivity index is 1.81. The molecule has 0 fully saturated rings. The molecule has 9 nitrogen and oxygen atoms in total. The zero-order valence-electron chi connectivity index (χ0n) is 21.1. The summed E-state index contributed by atoms with van der Waals surface area (Å²) in [4.78, 5) is 42.9. The van der Waals surface area contributed by atoms with Gasteiger partial charge in [-0.15, -0.1) is 0 Å². The summed E-state index contributed by atoms with van der Waals surface area (Å²) in [6.07, 6.45) is 1.58. The number of nitrogens with zero attached hydrogens (tertiary/aromatic N) is 3. The molecule has 192 valence electrons. The number of thiazole rings is 1. The number of nitro groups is 1. The van der Waals surface area contributed by atoms with Crippen molar-refractivity contribution in [3.8, 4) is 11.5 Å². The Morgan fingerprint density at radius 3 is 2.50 bits per heavy atom. The van der Waals surface area contributed by atoms with E-state index < -0.39 is 11.0 Å². The summed E-state index contributed by atoms with van der Waals surface area (Å²) < 4.78 is 12.6. The highest BCUT2D eigenvalue weighted by Gasteiger charge is 2.33. The van der Waals surface area contributed by atoms with Crippen LogP contribution in [0.1, 0.15) is 31.0 Å². The van der Waals surface area contributed by atoms with E-state index in [1.807, 2.05) is 36.4 Å². The fourth-order valence-corrected chi connectivity index (χ4v) is 5.92. The minimum Gasteiger partial charge on any atom is -0.496 e. The largest absolute Gasteiger partial charge is 0.496 e. The van der Waals surface area contributed by atoms with E-state index in [0.29, 0.717) is 37.5 Å². The number of ether oxygens (including phenoxy) is 2. The fraction of sp³-hybridized carbons (Fsp3) is 0.179. The third-order valence-electron chi connectivity index (χ3n) is 6.52. The molecule has 0 saturated heterocycles. The van der Waals surface area contributed by atoms with Crippen molar-refractivity contribution in [1.82, 2.24) is 4.57 Å². The van der Waals surface area contributed by atoms with Crippen molar-refractivity contribution in [2.45, 2.75) is 19.9 Å². The molecule has 1 aromatic heterocycles. The first-order chi connectivity index (χ1) is 18.2. The molecule has 0 aliphatic carbocycles. The first kappa shape index (κ1) is 25.1. The summed E-state index contributed by atoms with van der Waals surface area (Å²) in [6.45, 7) is 3.22. The third kappa shape index (κ3) is 4.08. The normalized spacial score (nSPS) is 15.3. The Bertz CT molecular complexity index is 1850. The van der Waals surface area contributed by atoms with Crippen LogP contribution < -0.4 is 24.4 Å². The number of nitro benzene ring substituents is 1. The second-order valence-corrected chi connectivity index (χ2v) is 9.74. The van der Waals surface area contributed by atoms with E-state index in [2.05, 4.69) is 4.99 Å². The predicted molar refractivity (Wildman–Crippen MR) is 145 cm³/mol. The first-order valence-electron chi connectivity index (χ1n) is 11.7. The van der Waals surface area contributed by atoms with Crippen LogP contribution in [0.25, 0.3) is 16.8 Å². The summed E-state index contributed by atoms with van der Waals surface area (Å²) in [5.74, 6) is 0.465. The highest BCUT2D eigenvalue weighted by atomic mass is 32.1. The van der Waals surface area contributed by atoms with Crippen LogP contribution in [-0.2, 0) is 4.79 Å². The van der Waals surface area contributed by atoms with Gasteiger partial charge in [-0.3, -0.25) is 24.3 Å². The molecule has 5 rings (SSSR count). The molecule has 0 N–H and O–H groups in total. The van der Waals surface area contributed by atoms with E-state index in [1.165, 1.54) is 30.7 Å². The van der Waals surface area contributed by atoms with Crippen LogP contribution in [0, 0.1) is 10.1 Å². The lowest BCUT2D eigenvalue weighted by Gasteiger charge is -2.27. The Kier molecular flexibility index (Phi) is 6.41. The molecule has 1 atom stereocenters. The molecule has 0 saturated carbocycles. The van der Waals surface area contributed by atoms with Gasteiger partial charge in [-0.1, -0.05) is 47.7 Å². The van der Waals surface area contributed by atoms with Crippen LogP contribution in [0.15, 0.2) is 75.7 Å². The van der Waals surface area contributed by atoms with Crippen molar-refractivity contribution in [2.24, 2.45) is 4.99 Å². The van der Waals surface area contributed by atoms with Gasteiger partial charge >= 0.3 is 5.69 Å². The van der Waals surface area contributed by atoms with Crippen LogP contribution in [0.3, 0.4) is 0 Å². The van der Waals surface area contributed by atoms with Crippen molar-refractivity contribution in [1.29, 1.82) is 0 Å². The zero-order chi connectivity index (χ0) is 27.1. The average molecular weight is 530 g/mol. The number of allylic oxidation sites excluding steroid dienone is 2. The molecule has 0 spiro atoms. The highest BCUT2D eigenvalue weighted by molar-refractivity contribution is 7.07. The number of rotatable bonds is 6. The maximum absolute atomic E-state index is 13.9. The molecule has 0 bridgehead atoms. The summed E-state index contributed by atoms with van der Waals surface area (Å²) in [7, 11) is 2.91. The number of carbonyl (C=O) groups is 1. The lowest BCUT2D eigenvalue weighted by Crippen LogP contribution is -2.39. The summed E-state index contributed by atoms with van der Waals surface area (Å²) in [6, 6.07) is 15.2. The Labute approximate surface area is 220 Å².